The summed E-state index contributed by atoms with van der Waals surface area (Å²) in [6.45, 7) is 2.77. The minimum absolute atomic E-state index is 0.0522. The third-order valence-electron chi connectivity index (χ3n) is 4.29. The first kappa shape index (κ1) is 15.7. The molecule has 1 amide bonds. The lowest BCUT2D eigenvalue weighted by Gasteiger charge is -2.23. The first-order chi connectivity index (χ1) is 11.2. The van der Waals surface area contributed by atoms with Gasteiger partial charge in [-0.3, -0.25) is 4.79 Å². The molecule has 0 spiro atoms. The van der Waals surface area contributed by atoms with Crippen LogP contribution in [0, 0.1) is 5.82 Å². The number of hydrogen-bond acceptors (Lipinski definition) is 3. The Labute approximate surface area is 135 Å². The first-order valence-corrected chi connectivity index (χ1v) is 8.17. The van der Waals surface area contributed by atoms with Crippen LogP contribution >= 0.6 is 0 Å². The van der Waals surface area contributed by atoms with Crippen LogP contribution in [0.25, 0.3) is 0 Å². The Balaban J connectivity index is 1.73. The van der Waals surface area contributed by atoms with E-state index < -0.39 is 0 Å². The summed E-state index contributed by atoms with van der Waals surface area (Å²) in [5, 5.41) is 4.13. The van der Waals surface area contributed by atoms with Crippen molar-refractivity contribution in [2.75, 3.05) is 6.54 Å². The fraction of sp³-hybridized carbons (Fsp3) is 0.444. The molecule has 0 N–H and O–H groups in total. The third kappa shape index (κ3) is 3.44. The monoisotopic (exact) mass is 316 g/mol. The van der Waals surface area contributed by atoms with Crippen LogP contribution in [-0.4, -0.2) is 22.5 Å². The molecule has 1 aromatic heterocycles. The second kappa shape index (κ2) is 6.94. The van der Waals surface area contributed by atoms with Crippen molar-refractivity contribution in [3.63, 3.8) is 0 Å². The molecule has 1 aliphatic heterocycles. The van der Waals surface area contributed by atoms with Gasteiger partial charge in [0, 0.05) is 19.0 Å². The van der Waals surface area contributed by atoms with E-state index in [9.17, 15) is 9.18 Å². The molecule has 0 bridgehead atoms. The number of aryl methyl sites for hydroxylation is 1. The maximum absolute atomic E-state index is 13.7. The molecule has 0 radical (unpaired) electrons. The molecule has 2 heterocycles. The standard InChI is InChI=1S/C18H21FN2O2/c1-2-6-14-12-16(20-23-14)17-9-5-10-21(17)18(22)11-13-7-3-4-8-15(13)19/h3-4,7-8,12,17H,2,5-6,9-11H2,1H3. The van der Waals surface area contributed by atoms with Crippen molar-refractivity contribution in [2.45, 2.75) is 45.1 Å². The molecule has 1 aliphatic rings. The van der Waals surface area contributed by atoms with E-state index in [4.69, 9.17) is 4.52 Å². The molecule has 3 rings (SSSR count). The van der Waals surface area contributed by atoms with Crippen molar-refractivity contribution in [3.05, 3.63) is 53.2 Å². The van der Waals surface area contributed by atoms with E-state index in [-0.39, 0.29) is 24.2 Å². The molecule has 23 heavy (non-hydrogen) atoms. The molecule has 2 aromatic rings. The van der Waals surface area contributed by atoms with E-state index in [1.165, 1.54) is 6.07 Å². The van der Waals surface area contributed by atoms with Crippen LogP contribution in [-0.2, 0) is 17.6 Å². The average Bonchev–Trinajstić information content (AvgIpc) is 3.18. The number of rotatable bonds is 5. The first-order valence-electron chi connectivity index (χ1n) is 8.17. The number of carbonyl (C=O) groups excluding carboxylic acids is 1. The summed E-state index contributed by atoms with van der Waals surface area (Å²) in [6.07, 6.45) is 3.74. The van der Waals surface area contributed by atoms with E-state index in [1.807, 2.05) is 6.07 Å². The van der Waals surface area contributed by atoms with Crippen molar-refractivity contribution < 1.29 is 13.7 Å². The summed E-state index contributed by atoms with van der Waals surface area (Å²) in [6, 6.07) is 8.33. The van der Waals surface area contributed by atoms with E-state index >= 15 is 0 Å². The fourth-order valence-corrected chi connectivity index (χ4v) is 3.13. The van der Waals surface area contributed by atoms with Gasteiger partial charge in [0.15, 0.2) is 0 Å². The number of hydrogen-bond donors (Lipinski definition) is 0. The lowest BCUT2D eigenvalue weighted by molar-refractivity contribution is -0.131. The Kier molecular flexibility index (Phi) is 4.74. The summed E-state index contributed by atoms with van der Waals surface area (Å²) in [5.41, 5.74) is 1.25. The molecule has 122 valence electrons. The molecular formula is C18H21FN2O2. The Morgan fingerprint density at radius 3 is 3.04 bits per heavy atom. The highest BCUT2D eigenvalue weighted by Crippen LogP contribution is 2.32. The fourth-order valence-electron chi connectivity index (χ4n) is 3.13. The van der Waals surface area contributed by atoms with Gasteiger partial charge in [-0.2, -0.15) is 0 Å². The van der Waals surface area contributed by atoms with Crippen molar-refractivity contribution in [1.29, 1.82) is 0 Å². The van der Waals surface area contributed by atoms with Crippen LogP contribution in [0.4, 0.5) is 4.39 Å². The van der Waals surface area contributed by atoms with Gasteiger partial charge in [0.05, 0.1) is 12.5 Å². The van der Waals surface area contributed by atoms with Gasteiger partial charge < -0.3 is 9.42 Å². The Bertz CT molecular complexity index is 683. The van der Waals surface area contributed by atoms with Gasteiger partial charge in [0.25, 0.3) is 0 Å². The highest BCUT2D eigenvalue weighted by Gasteiger charge is 2.32. The number of amides is 1. The van der Waals surface area contributed by atoms with Crippen molar-refractivity contribution in [1.82, 2.24) is 10.1 Å². The van der Waals surface area contributed by atoms with E-state index in [0.29, 0.717) is 12.1 Å². The van der Waals surface area contributed by atoms with Crippen LogP contribution in [0.3, 0.4) is 0 Å². The second-order valence-electron chi connectivity index (χ2n) is 5.98. The average molecular weight is 316 g/mol. The van der Waals surface area contributed by atoms with Crippen molar-refractivity contribution >= 4 is 5.91 Å². The van der Waals surface area contributed by atoms with Gasteiger partial charge in [-0.25, -0.2) is 4.39 Å². The summed E-state index contributed by atoms with van der Waals surface area (Å²) in [5.74, 6) is 0.469. The minimum atomic E-state index is -0.330. The normalized spacial score (nSPS) is 17.7. The van der Waals surface area contributed by atoms with Gasteiger partial charge in [-0.15, -0.1) is 0 Å². The predicted octanol–water partition coefficient (Wildman–Crippen LogP) is 3.67. The Morgan fingerprint density at radius 2 is 2.26 bits per heavy atom. The highest BCUT2D eigenvalue weighted by atomic mass is 19.1. The van der Waals surface area contributed by atoms with E-state index in [2.05, 4.69) is 12.1 Å². The second-order valence-corrected chi connectivity index (χ2v) is 5.98. The van der Waals surface area contributed by atoms with Gasteiger partial charge in [-0.1, -0.05) is 30.3 Å². The quantitative estimate of drug-likeness (QED) is 0.845. The van der Waals surface area contributed by atoms with Crippen molar-refractivity contribution in [3.8, 4) is 0 Å². The summed E-state index contributed by atoms with van der Waals surface area (Å²) >= 11 is 0. The molecule has 1 atom stereocenters. The zero-order valence-electron chi connectivity index (χ0n) is 13.3. The number of aromatic nitrogens is 1. The molecule has 1 aromatic carbocycles. The molecule has 4 nitrogen and oxygen atoms in total. The lowest BCUT2D eigenvalue weighted by Crippen LogP contribution is -2.32. The number of benzene rings is 1. The molecule has 0 aliphatic carbocycles. The lowest BCUT2D eigenvalue weighted by atomic mass is 10.1. The van der Waals surface area contributed by atoms with Crippen LogP contribution in [0.1, 0.15) is 49.2 Å². The molecular weight excluding hydrogens is 295 g/mol. The number of halogens is 1. The molecule has 1 saturated heterocycles. The van der Waals surface area contributed by atoms with Crippen LogP contribution in [0.15, 0.2) is 34.9 Å². The zero-order valence-corrected chi connectivity index (χ0v) is 13.3. The van der Waals surface area contributed by atoms with E-state index in [0.717, 1.165) is 37.1 Å². The summed E-state index contributed by atoms with van der Waals surface area (Å²) < 4.78 is 19.1. The number of likely N-dealkylation sites (tertiary alicyclic amines) is 1. The predicted molar refractivity (Wildman–Crippen MR) is 84.3 cm³/mol. The molecule has 5 heteroatoms. The Hall–Kier alpha value is -2.17. The molecule has 0 saturated carbocycles. The van der Waals surface area contributed by atoms with Gasteiger partial charge in [0.2, 0.25) is 5.91 Å². The van der Waals surface area contributed by atoms with Gasteiger partial charge in [0.1, 0.15) is 17.3 Å². The maximum Gasteiger partial charge on any atom is 0.227 e. The molecule has 1 fully saturated rings. The summed E-state index contributed by atoms with van der Waals surface area (Å²) in [7, 11) is 0. The van der Waals surface area contributed by atoms with Gasteiger partial charge in [-0.05, 0) is 30.9 Å². The SMILES string of the molecule is CCCc1cc(C2CCCN2C(=O)Cc2ccccc2F)no1. The van der Waals surface area contributed by atoms with Crippen molar-refractivity contribution in [2.24, 2.45) is 0 Å². The van der Waals surface area contributed by atoms with Crippen LogP contribution in [0.5, 0.6) is 0 Å². The molecule has 1 unspecified atom stereocenters. The summed E-state index contributed by atoms with van der Waals surface area (Å²) in [4.78, 5) is 14.4. The third-order valence-corrected chi connectivity index (χ3v) is 4.29. The van der Waals surface area contributed by atoms with Gasteiger partial charge >= 0.3 is 0 Å². The van der Waals surface area contributed by atoms with Crippen LogP contribution < -0.4 is 0 Å². The number of carbonyl (C=O) groups is 1. The maximum atomic E-state index is 13.7. The largest absolute Gasteiger partial charge is 0.361 e. The number of nitrogens with zero attached hydrogens (tertiary/aromatic N) is 2. The van der Waals surface area contributed by atoms with Crippen LogP contribution in [0.2, 0.25) is 0 Å². The minimum Gasteiger partial charge on any atom is -0.361 e. The van der Waals surface area contributed by atoms with E-state index in [1.54, 1.807) is 23.1 Å². The Morgan fingerprint density at radius 1 is 1.43 bits per heavy atom. The topological polar surface area (TPSA) is 46.3 Å². The smallest absolute Gasteiger partial charge is 0.227 e. The highest BCUT2D eigenvalue weighted by molar-refractivity contribution is 5.79. The zero-order chi connectivity index (χ0) is 16.2.